The van der Waals surface area contributed by atoms with Crippen molar-refractivity contribution < 1.29 is 13.5 Å². The summed E-state index contributed by atoms with van der Waals surface area (Å²) in [5.74, 6) is -0.523. The van der Waals surface area contributed by atoms with Gasteiger partial charge in [-0.3, -0.25) is 0 Å². The number of benzene rings is 1. The minimum Gasteiger partial charge on any atom is -0.489 e. The highest BCUT2D eigenvalue weighted by Crippen LogP contribution is 2.17. The van der Waals surface area contributed by atoms with Crippen LogP contribution in [0.2, 0.25) is 0 Å². The van der Waals surface area contributed by atoms with E-state index >= 15 is 0 Å². The van der Waals surface area contributed by atoms with Crippen LogP contribution >= 0.6 is 0 Å². The summed E-state index contributed by atoms with van der Waals surface area (Å²) in [4.78, 5) is 6.96. The summed E-state index contributed by atoms with van der Waals surface area (Å²) in [6.07, 6.45) is 2.17. The molecule has 1 heterocycles. The highest BCUT2D eigenvalue weighted by atomic mass is 19.1. The first-order valence-electron chi connectivity index (χ1n) is 9.36. The van der Waals surface area contributed by atoms with Gasteiger partial charge in [-0.1, -0.05) is 0 Å². The van der Waals surface area contributed by atoms with E-state index in [-0.39, 0.29) is 12.4 Å². The molecule has 7 heteroatoms. The molecule has 0 unspecified atom stereocenters. The van der Waals surface area contributed by atoms with Gasteiger partial charge in [-0.2, -0.15) is 0 Å². The van der Waals surface area contributed by atoms with Crippen LogP contribution in [-0.4, -0.2) is 55.7 Å². The molecule has 0 aromatic heterocycles. The van der Waals surface area contributed by atoms with Gasteiger partial charge in [0.25, 0.3) is 0 Å². The van der Waals surface area contributed by atoms with Crippen molar-refractivity contribution in [3.05, 3.63) is 29.8 Å². The quantitative estimate of drug-likeness (QED) is 0.441. The number of halogens is 2. The molecule has 146 valence electrons. The lowest BCUT2D eigenvalue weighted by Gasteiger charge is -2.35. The maximum absolute atomic E-state index is 13.5. The molecular formula is C19H30F2N4O. The van der Waals surface area contributed by atoms with Crippen molar-refractivity contribution in [2.24, 2.45) is 4.99 Å². The molecule has 1 aliphatic heterocycles. The Hall–Kier alpha value is -1.89. The fraction of sp³-hybridized carbons (Fsp3) is 0.632. The standard InChI is InChI=1S/C19H30F2N4O/c1-4-22-19(24-16-7-10-25(11-8-16)14(2)3)23-9-12-26-18-6-5-15(20)13-17(18)21/h5-6,13-14,16H,4,7-12H2,1-3H3,(H2,22,23,24). The van der Waals surface area contributed by atoms with E-state index in [0.717, 1.165) is 44.5 Å². The Balaban J connectivity index is 1.79. The minimum absolute atomic E-state index is 0.0422. The van der Waals surface area contributed by atoms with E-state index in [9.17, 15) is 8.78 Å². The fourth-order valence-electron chi connectivity index (χ4n) is 2.98. The van der Waals surface area contributed by atoms with E-state index in [2.05, 4.69) is 34.4 Å². The molecule has 0 amide bonds. The van der Waals surface area contributed by atoms with Crippen molar-refractivity contribution in [2.75, 3.05) is 32.8 Å². The zero-order valence-corrected chi connectivity index (χ0v) is 15.9. The Morgan fingerprint density at radius 2 is 2.04 bits per heavy atom. The molecule has 2 N–H and O–H groups in total. The van der Waals surface area contributed by atoms with Gasteiger partial charge in [-0.05, 0) is 45.7 Å². The summed E-state index contributed by atoms with van der Waals surface area (Å²) >= 11 is 0. The number of nitrogens with one attached hydrogen (secondary N) is 2. The van der Waals surface area contributed by atoms with Crippen LogP contribution in [0, 0.1) is 11.6 Å². The molecule has 1 aliphatic rings. The average molecular weight is 368 g/mol. The number of rotatable bonds is 7. The third-order valence-electron chi connectivity index (χ3n) is 4.46. The maximum Gasteiger partial charge on any atom is 0.191 e. The fourth-order valence-corrected chi connectivity index (χ4v) is 2.98. The molecule has 0 spiro atoms. The normalized spacial score (nSPS) is 16.8. The SMILES string of the molecule is CCNC(=NCCOc1ccc(F)cc1F)NC1CCN(C(C)C)CC1. The molecular weight excluding hydrogens is 338 g/mol. The lowest BCUT2D eigenvalue weighted by Crippen LogP contribution is -2.50. The molecule has 0 saturated carbocycles. The van der Waals surface area contributed by atoms with Gasteiger partial charge in [-0.15, -0.1) is 0 Å². The van der Waals surface area contributed by atoms with Crippen LogP contribution in [0.3, 0.4) is 0 Å². The van der Waals surface area contributed by atoms with Crippen molar-refractivity contribution in [3.8, 4) is 5.75 Å². The second kappa shape index (κ2) is 10.3. The van der Waals surface area contributed by atoms with Crippen LogP contribution in [0.5, 0.6) is 5.75 Å². The number of guanidine groups is 1. The molecule has 1 aromatic rings. The third-order valence-corrected chi connectivity index (χ3v) is 4.46. The highest BCUT2D eigenvalue weighted by Gasteiger charge is 2.21. The summed E-state index contributed by atoms with van der Waals surface area (Å²) in [6, 6.07) is 4.27. The lowest BCUT2D eigenvalue weighted by molar-refractivity contribution is 0.167. The van der Waals surface area contributed by atoms with Crippen LogP contribution in [0.1, 0.15) is 33.6 Å². The van der Waals surface area contributed by atoms with Gasteiger partial charge in [0.1, 0.15) is 12.4 Å². The van der Waals surface area contributed by atoms with Gasteiger partial charge in [-0.25, -0.2) is 13.8 Å². The molecule has 0 atom stereocenters. The van der Waals surface area contributed by atoms with Gasteiger partial charge in [0.2, 0.25) is 0 Å². The Labute approximate surface area is 154 Å². The van der Waals surface area contributed by atoms with Crippen LogP contribution in [0.15, 0.2) is 23.2 Å². The molecule has 26 heavy (non-hydrogen) atoms. The predicted molar refractivity (Wildman–Crippen MR) is 101 cm³/mol. The Bertz CT molecular complexity index is 587. The first-order chi connectivity index (χ1) is 12.5. The van der Waals surface area contributed by atoms with Crippen molar-refractivity contribution in [2.45, 2.75) is 45.7 Å². The summed E-state index contributed by atoms with van der Waals surface area (Å²) in [7, 11) is 0. The third kappa shape index (κ3) is 6.44. The Morgan fingerprint density at radius 1 is 1.31 bits per heavy atom. The lowest BCUT2D eigenvalue weighted by atomic mass is 10.0. The topological polar surface area (TPSA) is 48.9 Å². The summed E-state index contributed by atoms with van der Waals surface area (Å²) in [5, 5.41) is 6.69. The zero-order valence-electron chi connectivity index (χ0n) is 15.9. The molecule has 1 saturated heterocycles. The highest BCUT2D eigenvalue weighted by molar-refractivity contribution is 5.80. The molecule has 5 nitrogen and oxygen atoms in total. The average Bonchev–Trinajstić information content (AvgIpc) is 2.60. The zero-order chi connectivity index (χ0) is 18.9. The van der Waals surface area contributed by atoms with E-state index in [1.54, 1.807) is 0 Å². The van der Waals surface area contributed by atoms with Gasteiger partial charge in [0.05, 0.1) is 6.54 Å². The van der Waals surface area contributed by atoms with Crippen LogP contribution in [0.4, 0.5) is 8.78 Å². The molecule has 1 fully saturated rings. The number of piperidine rings is 1. The number of aliphatic imine (C=N–C) groups is 1. The van der Waals surface area contributed by atoms with Gasteiger partial charge in [0, 0.05) is 37.8 Å². The van der Waals surface area contributed by atoms with E-state index in [0.29, 0.717) is 18.6 Å². The Morgan fingerprint density at radius 3 is 2.65 bits per heavy atom. The van der Waals surface area contributed by atoms with E-state index in [1.165, 1.54) is 12.1 Å². The van der Waals surface area contributed by atoms with Gasteiger partial charge in [0.15, 0.2) is 17.5 Å². The number of hydrogen-bond acceptors (Lipinski definition) is 3. The maximum atomic E-state index is 13.5. The molecule has 0 aliphatic carbocycles. The summed E-state index contributed by atoms with van der Waals surface area (Å²) in [6.45, 7) is 10.0. The molecule has 1 aromatic carbocycles. The molecule has 0 radical (unpaired) electrons. The van der Waals surface area contributed by atoms with Crippen molar-refractivity contribution in [3.63, 3.8) is 0 Å². The van der Waals surface area contributed by atoms with Crippen LogP contribution in [-0.2, 0) is 0 Å². The van der Waals surface area contributed by atoms with E-state index in [1.807, 2.05) is 6.92 Å². The summed E-state index contributed by atoms with van der Waals surface area (Å²) < 4.78 is 31.7. The van der Waals surface area contributed by atoms with Crippen molar-refractivity contribution in [1.29, 1.82) is 0 Å². The molecule has 0 bridgehead atoms. The smallest absolute Gasteiger partial charge is 0.191 e. The minimum atomic E-state index is -0.698. The first-order valence-corrected chi connectivity index (χ1v) is 9.36. The Kier molecular flexibility index (Phi) is 8.09. The first kappa shape index (κ1) is 20.4. The number of nitrogens with zero attached hydrogens (tertiary/aromatic N) is 2. The van der Waals surface area contributed by atoms with Crippen LogP contribution in [0.25, 0.3) is 0 Å². The number of hydrogen-bond donors (Lipinski definition) is 2. The predicted octanol–water partition coefficient (Wildman–Crippen LogP) is 2.77. The van der Waals surface area contributed by atoms with E-state index in [4.69, 9.17) is 4.74 Å². The number of ether oxygens (including phenoxy) is 1. The largest absolute Gasteiger partial charge is 0.489 e. The van der Waals surface area contributed by atoms with Gasteiger partial charge >= 0.3 is 0 Å². The van der Waals surface area contributed by atoms with E-state index < -0.39 is 11.6 Å². The molecule has 2 rings (SSSR count). The van der Waals surface area contributed by atoms with Gasteiger partial charge < -0.3 is 20.3 Å². The van der Waals surface area contributed by atoms with Crippen molar-refractivity contribution >= 4 is 5.96 Å². The second-order valence-electron chi connectivity index (χ2n) is 6.73. The second-order valence-corrected chi connectivity index (χ2v) is 6.73. The number of likely N-dealkylation sites (tertiary alicyclic amines) is 1. The monoisotopic (exact) mass is 368 g/mol. The summed E-state index contributed by atoms with van der Waals surface area (Å²) in [5.41, 5.74) is 0. The van der Waals surface area contributed by atoms with Crippen molar-refractivity contribution in [1.82, 2.24) is 15.5 Å². The van der Waals surface area contributed by atoms with Crippen LogP contribution < -0.4 is 15.4 Å².